The Kier molecular flexibility index (Phi) is 1.70. The van der Waals surface area contributed by atoms with Gasteiger partial charge in [0.05, 0.1) is 16.6 Å². The molecule has 2 aromatic heterocycles. The van der Waals surface area contributed by atoms with E-state index in [-0.39, 0.29) is 11.8 Å². The van der Waals surface area contributed by atoms with Crippen molar-refractivity contribution in [3.8, 4) is 22.2 Å². The maximum absolute atomic E-state index is 9.33. The van der Waals surface area contributed by atoms with Gasteiger partial charge in [-0.2, -0.15) is 4.37 Å². The van der Waals surface area contributed by atoms with Crippen molar-refractivity contribution in [2.24, 2.45) is 7.05 Å². The average molecular weight is 196 g/mol. The lowest BCUT2D eigenvalue weighted by molar-refractivity contribution is 0.445. The highest BCUT2D eigenvalue weighted by Crippen LogP contribution is 2.32. The summed E-state index contributed by atoms with van der Waals surface area (Å²) in [6.45, 7) is 0. The Hall–Kier alpha value is -1.56. The van der Waals surface area contributed by atoms with E-state index in [1.54, 1.807) is 7.05 Å². The van der Waals surface area contributed by atoms with Crippen molar-refractivity contribution in [3.63, 3.8) is 0 Å². The van der Waals surface area contributed by atoms with Gasteiger partial charge in [0.15, 0.2) is 0 Å². The number of aromatic nitrogens is 3. The first kappa shape index (κ1) is 8.06. The lowest BCUT2D eigenvalue weighted by Crippen LogP contribution is -1.85. The highest BCUT2D eigenvalue weighted by molar-refractivity contribution is 7.09. The Balaban J connectivity index is 2.51. The predicted octanol–water partition coefficient (Wildman–Crippen LogP) is 0.755. The number of rotatable bonds is 1. The molecular formula is C7H6N3O2S. The van der Waals surface area contributed by atoms with E-state index >= 15 is 0 Å². The number of aromatic hydroxyl groups is 2. The van der Waals surface area contributed by atoms with E-state index in [0.29, 0.717) is 10.4 Å². The molecule has 0 fully saturated rings. The highest BCUT2D eigenvalue weighted by Gasteiger charge is 2.12. The van der Waals surface area contributed by atoms with Crippen LogP contribution in [0.3, 0.4) is 0 Å². The maximum Gasteiger partial charge on any atom is 0.239 e. The van der Waals surface area contributed by atoms with Gasteiger partial charge in [0.1, 0.15) is 0 Å². The van der Waals surface area contributed by atoms with Gasteiger partial charge in [0.25, 0.3) is 0 Å². The van der Waals surface area contributed by atoms with Crippen LogP contribution in [0.4, 0.5) is 0 Å². The molecule has 6 heteroatoms. The Morgan fingerprint density at radius 2 is 2.31 bits per heavy atom. The summed E-state index contributed by atoms with van der Waals surface area (Å²) >= 11 is 1.09. The molecule has 0 unspecified atom stereocenters. The van der Waals surface area contributed by atoms with Crippen LogP contribution in [0, 0.1) is 6.20 Å². The molecule has 5 nitrogen and oxygen atoms in total. The standard InChI is InChI=1S/C7H6N3O2S/c1-10-3-4(7(12)8-10)5-2-6(11)9-13-5/h2H,1H3,(H,8,12)(H,9,11). The molecule has 0 saturated heterocycles. The van der Waals surface area contributed by atoms with Crippen molar-refractivity contribution in [1.82, 2.24) is 14.2 Å². The van der Waals surface area contributed by atoms with Gasteiger partial charge >= 0.3 is 0 Å². The number of aryl methyl sites for hydroxylation is 1. The average Bonchev–Trinajstić information content (AvgIpc) is 2.58. The number of hydrogen-bond donors (Lipinski definition) is 2. The van der Waals surface area contributed by atoms with Gasteiger partial charge in [0.2, 0.25) is 11.8 Å². The molecule has 0 bridgehead atoms. The summed E-state index contributed by atoms with van der Waals surface area (Å²) in [6.07, 6.45) is 2.79. The SMILES string of the molecule is Cn1[c]c(-c2cc(O)ns2)c(O)n1. The number of hydrogen-bond acceptors (Lipinski definition) is 5. The van der Waals surface area contributed by atoms with Gasteiger partial charge < -0.3 is 10.2 Å². The fourth-order valence-electron chi connectivity index (χ4n) is 0.978. The molecule has 0 spiro atoms. The van der Waals surface area contributed by atoms with Gasteiger partial charge in [-0.3, -0.25) is 4.68 Å². The Morgan fingerprint density at radius 1 is 1.54 bits per heavy atom. The van der Waals surface area contributed by atoms with E-state index in [1.165, 1.54) is 10.7 Å². The first-order valence-electron chi connectivity index (χ1n) is 3.48. The van der Waals surface area contributed by atoms with E-state index in [0.717, 1.165) is 11.5 Å². The zero-order valence-electron chi connectivity index (χ0n) is 6.72. The van der Waals surface area contributed by atoms with E-state index in [1.807, 2.05) is 0 Å². The van der Waals surface area contributed by atoms with Crippen LogP contribution >= 0.6 is 11.5 Å². The van der Waals surface area contributed by atoms with Crippen molar-refractivity contribution in [2.45, 2.75) is 0 Å². The third-order valence-electron chi connectivity index (χ3n) is 1.49. The van der Waals surface area contributed by atoms with Crippen LogP contribution in [0.1, 0.15) is 0 Å². The van der Waals surface area contributed by atoms with Crippen LogP contribution in [0.5, 0.6) is 11.8 Å². The van der Waals surface area contributed by atoms with Crippen LogP contribution in [0.2, 0.25) is 0 Å². The Labute approximate surface area is 78.1 Å². The summed E-state index contributed by atoms with van der Waals surface area (Å²) in [6, 6.07) is 1.46. The lowest BCUT2D eigenvalue weighted by Gasteiger charge is -1.86. The molecule has 2 rings (SSSR count). The minimum absolute atomic E-state index is 0.0587. The second kappa shape index (κ2) is 2.74. The molecule has 0 aliphatic heterocycles. The van der Waals surface area contributed by atoms with Crippen LogP contribution in [-0.4, -0.2) is 24.4 Å². The molecule has 0 aromatic carbocycles. The van der Waals surface area contributed by atoms with Crippen LogP contribution in [0.15, 0.2) is 6.07 Å². The van der Waals surface area contributed by atoms with Gasteiger partial charge in [-0.1, -0.05) is 0 Å². The van der Waals surface area contributed by atoms with Gasteiger partial charge in [0, 0.05) is 13.1 Å². The van der Waals surface area contributed by atoms with Crippen molar-refractivity contribution in [2.75, 3.05) is 0 Å². The van der Waals surface area contributed by atoms with Crippen molar-refractivity contribution in [1.29, 1.82) is 0 Å². The van der Waals surface area contributed by atoms with E-state index in [2.05, 4.69) is 15.7 Å². The second-order valence-electron chi connectivity index (χ2n) is 2.48. The summed E-state index contributed by atoms with van der Waals surface area (Å²) in [5.74, 6) is -0.164. The molecule has 0 amide bonds. The largest absolute Gasteiger partial charge is 0.493 e. The van der Waals surface area contributed by atoms with Crippen molar-refractivity contribution < 1.29 is 10.2 Å². The minimum Gasteiger partial charge on any atom is -0.493 e. The molecule has 2 N–H and O–H groups in total. The third-order valence-corrected chi connectivity index (χ3v) is 2.28. The second-order valence-corrected chi connectivity index (χ2v) is 3.29. The van der Waals surface area contributed by atoms with Gasteiger partial charge in [-0.05, 0) is 11.5 Å². The van der Waals surface area contributed by atoms with Crippen LogP contribution < -0.4 is 0 Å². The summed E-state index contributed by atoms with van der Waals surface area (Å²) in [5, 5.41) is 22.0. The quantitative estimate of drug-likeness (QED) is 0.706. The van der Waals surface area contributed by atoms with E-state index in [4.69, 9.17) is 5.11 Å². The lowest BCUT2D eigenvalue weighted by atomic mass is 10.3. The molecule has 0 aliphatic rings. The summed E-state index contributed by atoms with van der Waals surface area (Å²) in [5.41, 5.74) is 0.459. The van der Waals surface area contributed by atoms with Gasteiger partial charge in [-0.15, -0.1) is 5.10 Å². The third kappa shape index (κ3) is 1.35. The zero-order valence-corrected chi connectivity index (χ0v) is 7.54. The van der Waals surface area contributed by atoms with Gasteiger partial charge in [-0.25, -0.2) is 0 Å². The van der Waals surface area contributed by atoms with E-state index in [9.17, 15) is 5.11 Å². The molecule has 1 radical (unpaired) electrons. The van der Waals surface area contributed by atoms with Crippen molar-refractivity contribution >= 4 is 11.5 Å². The first-order chi connectivity index (χ1) is 6.16. The molecule has 2 heterocycles. The molecule has 67 valence electrons. The molecule has 0 saturated carbocycles. The maximum atomic E-state index is 9.33. The van der Waals surface area contributed by atoms with Crippen LogP contribution in [0.25, 0.3) is 10.4 Å². The zero-order chi connectivity index (χ0) is 9.42. The summed E-state index contributed by atoms with van der Waals surface area (Å²) < 4.78 is 5.05. The topological polar surface area (TPSA) is 71.2 Å². The Bertz CT molecular complexity index is 435. The molecular weight excluding hydrogens is 190 g/mol. The fourth-order valence-corrected chi connectivity index (χ4v) is 1.61. The fraction of sp³-hybridized carbons (Fsp3) is 0.143. The Morgan fingerprint density at radius 3 is 2.77 bits per heavy atom. The smallest absolute Gasteiger partial charge is 0.239 e. The monoisotopic (exact) mass is 196 g/mol. The summed E-state index contributed by atoms with van der Waals surface area (Å²) in [4.78, 5) is 0.642. The predicted molar refractivity (Wildman–Crippen MR) is 46.5 cm³/mol. The van der Waals surface area contributed by atoms with E-state index < -0.39 is 0 Å². The highest BCUT2D eigenvalue weighted by atomic mass is 32.1. The van der Waals surface area contributed by atoms with Crippen LogP contribution in [-0.2, 0) is 7.05 Å². The molecule has 0 atom stereocenters. The summed E-state index contributed by atoms with van der Waals surface area (Å²) in [7, 11) is 1.66. The molecule has 2 aromatic rings. The molecule has 0 aliphatic carbocycles. The molecule has 13 heavy (non-hydrogen) atoms. The number of nitrogens with zero attached hydrogens (tertiary/aromatic N) is 3. The first-order valence-corrected chi connectivity index (χ1v) is 4.25. The minimum atomic E-state index is -0.105. The van der Waals surface area contributed by atoms with Crippen molar-refractivity contribution in [3.05, 3.63) is 12.3 Å². The normalized spacial score (nSPS) is 10.5.